The fourth-order valence-electron chi connectivity index (χ4n) is 3.80. The molecule has 2 amide bonds. The van der Waals surface area contributed by atoms with Gasteiger partial charge in [0.2, 0.25) is 21.8 Å². The highest BCUT2D eigenvalue weighted by molar-refractivity contribution is 7.92. The van der Waals surface area contributed by atoms with Gasteiger partial charge in [-0.25, -0.2) is 8.42 Å². The predicted molar refractivity (Wildman–Crippen MR) is 137 cm³/mol. The molecule has 0 fully saturated rings. The molecule has 0 saturated carbocycles. The molecule has 0 aliphatic heterocycles. The monoisotopic (exact) mass is 487 g/mol. The number of nitrogens with one attached hydrogen (secondary N) is 1. The molecule has 0 aliphatic carbocycles. The lowest BCUT2D eigenvalue weighted by atomic mass is 10.1. The predicted octanol–water partition coefficient (Wildman–Crippen LogP) is 3.74. The van der Waals surface area contributed by atoms with E-state index in [9.17, 15) is 18.0 Å². The number of nitrogens with zero attached hydrogens (tertiary/aromatic N) is 2. The smallest absolute Gasteiger partial charge is 0.244 e. The highest BCUT2D eigenvalue weighted by atomic mass is 32.2. The van der Waals surface area contributed by atoms with E-state index >= 15 is 0 Å². The quantitative estimate of drug-likeness (QED) is 0.553. The first-order valence-corrected chi connectivity index (χ1v) is 13.4. The maximum Gasteiger partial charge on any atom is 0.244 e. The Bertz CT molecular complexity index is 1080. The SMILES string of the molecule is CCc1ccccc1N(CC(=O)N(Cc1ccccc1)[C@@H](CC)C(=O)NC(C)(C)C)S(C)(=O)=O. The van der Waals surface area contributed by atoms with Crippen molar-refractivity contribution in [2.75, 3.05) is 17.1 Å². The van der Waals surface area contributed by atoms with Gasteiger partial charge in [-0.1, -0.05) is 62.4 Å². The summed E-state index contributed by atoms with van der Waals surface area (Å²) in [6.07, 6.45) is 2.11. The maximum absolute atomic E-state index is 13.7. The van der Waals surface area contributed by atoms with E-state index in [1.807, 2.05) is 77.1 Å². The summed E-state index contributed by atoms with van der Waals surface area (Å²) in [4.78, 5) is 28.3. The van der Waals surface area contributed by atoms with Gasteiger partial charge >= 0.3 is 0 Å². The lowest BCUT2D eigenvalue weighted by Gasteiger charge is -2.34. The molecular formula is C26H37N3O4S. The molecule has 7 nitrogen and oxygen atoms in total. The number of anilines is 1. The van der Waals surface area contributed by atoms with Gasteiger partial charge < -0.3 is 10.2 Å². The summed E-state index contributed by atoms with van der Waals surface area (Å²) in [6.45, 7) is 9.24. The second-order valence-electron chi connectivity index (χ2n) is 9.42. The minimum Gasteiger partial charge on any atom is -0.350 e. The molecule has 0 heterocycles. The van der Waals surface area contributed by atoms with Crippen molar-refractivity contribution >= 4 is 27.5 Å². The highest BCUT2D eigenvalue weighted by Gasteiger charge is 2.33. The van der Waals surface area contributed by atoms with Crippen LogP contribution in [-0.2, 0) is 32.6 Å². The summed E-state index contributed by atoms with van der Waals surface area (Å²) in [5.41, 5.74) is 1.70. The fourth-order valence-corrected chi connectivity index (χ4v) is 4.68. The molecule has 1 atom stereocenters. The van der Waals surface area contributed by atoms with Crippen molar-refractivity contribution in [3.8, 4) is 0 Å². The van der Waals surface area contributed by atoms with Crippen LogP contribution < -0.4 is 9.62 Å². The number of aryl methyl sites for hydroxylation is 1. The first-order valence-electron chi connectivity index (χ1n) is 11.6. The Labute approximate surface area is 204 Å². The molecule has 0 bridgehead atoms. The Balaban J connectivity index is 2.47. The van der Waals surface area contributed by atoms with E-state index in [1.54, 1.807) is 12.1 Å². The van der Waals surface area contributed by atoms with Crippen LogP contribution in [0.15, 0.2) is 54.6 Å². The van der Waals surface area contributed by atoms with Crippen molar-refractivity contribution in [3.05, 3.63) is 65.7 Å². The van der Waals surface area contributed by atoms with Crippen LogP contribution in [-0.4, -0.2) is 49.5 Å². The summed E-state index contributed by atoms with van der Waals surface area (Å²) >= 11 is 0. The van der Waals surface area contributed by atoms with Gasteiger partial charge in [0.15, 0.2) is 0 Å². The highest BCUT2D eigenvalue weighted by Crippen LogP contribution is 2.24. The maximum atomic E-state index is 13.7. The second-order valence-corrected chi connectivity index (χ2v) is 11.3. The molecule has 2 rings (SSSR count). The number of carbonyl (C=O) groups excluding carboxylic acids is 2. The normalized spacial score (nSPS) is 12.6. The molecule has 8 heteroatoms. The van der Waals surface area contributed by atoms with Gasteiger partial charge in [-0.2, -0.15) is 0 Å². The van der Waals surface area contributed by atoms with E-state index in [0.29, 0.717) is 18.5 Å². The Morgan fingerprint density at radius 1 is 0.971 bits per heavy atom. The second kappa shape index (κ2) is 11.5. The average molecular weight is 488 g/mol. The molecule has 0 radical (unpaired) electrons. The topological polar surface area (TPSA) is 86.8 Å². The summed E-state index contributed by atoms with van der Waals surface area (Å²) in [5, 5.41) is 2.96. The Morgan fingerprint density at radius 2 is 1.56 bits per heavy atom. The fraction of sp³-hybridized carbons (Fsp3) is 0.462. The van der Waals surface area contributed by atoms with Crippen molar-refractivity contribution in [2.45, 2.75) is 65.6 Å². The van der Waals surface area contributed by atoms with Gasteiger partial charge in [0, 0.05) is 12.1 Å². The zero-order valence-electron chi connectivity index (χ0n) is 21.0. The van der Waals surface area contributed by atoms with Crippen molar-refractivity contribution < 1.29 is 18.0 Å². The summed E-state index contributed by atoms with van der Waals surface area (Å²) < 4.78 is 26.6. The van der Waals surface area contributed by atoms with Crippen LogP contribution in [0, 0.1) is 0 Å². The van der Waals surface area contributed by atoms with Gasteiger partial charge in [0.25, 0.3) is 0 Å². The lowest BCUT2D eigenvalue weighted by molar-refractivity contribution is -0.141. The number of amides is 2. The zero-order valence-corrected chi connectivity index (χ0v) is 21.9. The van der Waals surface area contributed by atoms with E-state index in [-0.39, 0.29) is 19.0 Å². The van der Waals surface area contributed by atoms with Crippen molar-refractivity contribution in [1.29, 1.82) is 0 Å². The minimum absolute atomic E-state index is 0.197. The third-order valence-corrected chi connectivity index (χ3v) is 6.53. The number of hydrogen-bond donors (Lipinski definition) is 1. The largest absolute Gasteiger partial charge is 0.350 e. The van der Waals surface area contributed by atoms with Crippen molar-refractivity contribution in [2.24, 2.45) is 0 Å². The van der Waals surface area contributed by atoms with Gasteiger partial charge in [-0.15, -0.1) is 0 Å². The number of hydrogen-bond acceptors (Lipinski definition) is 4. The zero-order chi connectivity index (χ0) is 25.5. The van der Waals surface area contributed by atoms with E-state index in [0.717, 1.165) is 21.7 Å². The number of carbonyl (C=O) groups is 2. The summed E-state index contributed by atoms with van der Waals surface area (Å²) in [6, 6.07) is 15.8. The van der Waals surface area contributed by atoms with Crippen LogP contribution >= 0.6 is 0 Å². The van der Waals surface area contributed by atoms with E-state index in [4.69, 9.17) is 0 Å². The Morgan fingerprint density at radius 3 is 2.09 bits per heavy atom. The lowest BCUT2D eigenvalue weighted by Crippen LogP contribution is -2.55. The molecule has 186 valence electrons. The van der Waals surface area contributed by atoms with Gasteiger partial charge in [0.05, 0.1) is 11.9 Å². The molecule has 2 aromatic rings. The van der Waals surface area contributed by atoms with Crippen LogP contribution in [0.2, 0.25) is 0 Å². The van der Waals surface area contributed by atoms with Gasteiger partial charge in [0.1, 0.15) is 12.6 Å². The minimum atomic E-state index is -3.75. The molecule has 1 N–H and O–H groups in total. The van der Waals surface area contributed by atoms with Crippen LogP contribution in [0.4, 0.5) is 5.69 Å². The molecular weight excluding hydrogens is 450 g/mol. The van der Waals surface area contributed by atoms with Crippen LogP contribution in [0.1, 0.15) is 52.2 Å². The van der Waals surface area contributed by atoms with E-state index in [2.05, 4.69) is 5.32 Å². The summed E-state index contributed by atoms with van der Waals surface area (Å²) in [7, 11) is -3.75. The van der Waals surface area contributed by atoms with Crippen LogP contribution in [0.5, 0.6) is 0 Å². The number of sulfonamides is 1. The number of rotatable bonds is 10. The third-order valence-electron chi connectivity index (χ3n) is 5.40. The number of para-hydroxylation sites is 1. The van der Waals surface area contributed by atoms with Crippen molar-refractivity contribution in [1.82, 2.24) is 10.2 Å². The molecule has 0 unspecified atom stereocenters. The number of benzene rings is 2. The molecule has 0 spiro atoms. The van der Waals surface area contributed by atoms with E-state index in [1.165, 1.54) is 4.90 Å². The standard InChI is InChI=1S/C26H37N3O4S/c1-7-21-16-12-13-17-23(21)29(34(6,32)33)19-24(30)28(18-20-14-10-9-11-15-20)22(8-2)25(31)27-26(3,4)5/h9-17,22H,7-8,18-19H2,1-6H3,(H,27,31)/t22-/m0/s1. The first-order chi connectivity index (χ1) is 15.9. The molecule has 0 aromatic heterocycles. The van der Waals surface area contributed by atoms with Crippen LogP contribution in [0.25, 0.3) is 0 Å². The third kappa shape index (κ3) is 7.58. The molecule has 2 aromatic carbocycles. The first kappa shape index (κ1) is 27.4. The Kier molecular flexibility index (Phi) is 9.27. The van der Waals surface area contributed by atoms with Crippen LogP contribution in [0.3, 0.4) is 0 Å². The molecule has 0 aliphatic rings. The molecule has 0 saturated heterocycles. The molecule has 34 heavy (non-hydrogen) atoms. The van der Waals surface area contributed by atoms with Gasteiger partial charge in [-0.05, 0) is 50.8 Å². The van der Waals surface area contributed by atoms with E-state index < -0.39 is 27.5 Å². The average Bonchev–Trinajstić information content (AvgIpc) is 2.76. The van der Waals surface area contributed by atoms with Crippen molar-refractivity contribution in [3.63, 3.8) is 0 Å². The van der Waals surface area contributed by atoms with Gasteiger partial charge in [-0.3, -0.25) is 13.9 Å². The summed E-state index contributed by atoms with van der Waals surface area (Å²) in [5.74, 6) is -0.699. The Hall–Kier alpha value is -2.87.